The van der Waals surface area contributed by atoms with Gasteiger partial charge < -0.3 is 9.88 Å². The number of amides is 1. The Morgan fingerprint density at radius 1 is 1.36 bits per heavy atom. The molecule has 3 aromatic heterocycles. The van der Waals surface area contributed by atoms with Crippen LogP contribution in [-0.2, 0) is 0 Å². The molecule has 0 radical (unpaired) electrons. The number of nitrogens with one attached hydrogen (secondary N) is 1. The van der Waals surface area contributed by atoms with Crippen molar-refractivity contribution < 1.29 is 4.79 Å². The molecule has 1 amide bonds. The van der Waals surface area contributed by atoms with E-state index in [2.05, 4.69) is 30.0 Å². The third-order valence-corrected chi connectivity index (χ3v) is 4.85. The van der Waals surface area contributed by atoms with Gasteiger partial charge in [-0.2, -0.15) is 0 Å². The van der Waals surface area contributed by atoms with Crippen LogP contribution in [0.2, 0.25) is 0 Å². The van der Waals surface area contributed by atoms with Gasteiger partial charge in [0.25, 0.3) is 5.91 Å². The molecule has 0 aromatic carbocycles. The monoisotopic (exact) mass is 339 g/mol. The van der Waals surface area contributed by atoms with E-state index in [9.17, 15) is 4.79 Å². The number of aromatic nitrogens is 6. The van der Waals surface area contributed by atoms with E-state index in [4.69, 9.17) is 0 Å². The molecule has 3 aromatic rings. The van der Waals surface area contributed by atoms with Crippen LogP contribution in [0.15, 0.2) is 24.8 Å². The highest BCUT2D eigenvalue weighted by atomic mass is 16.2. The van der Waals surface area contributed by atoms with Gasteiger partial charge in [-0.15, -0.1) is 10.2 Å². The van der Waals surface area contributed by atoms with Crippen LogP contribution in [-0.4, -0.2) is 35.0 Å². The number of carbonyl (C=O) groups is 1. The molecule has 1 fully saturated rings. The lowest BCUT2D eigenvalue weighted by molar-refractivity contribution is 0.0930. The van der Waals surface area contributed by atoms with E-state index in [-0.39, 0.29) is 11.9 Å². The molecular formula is C17H21N7O. The van der Waals surface area contributed by atoms with Gasteiger partial charge in [0.2, 0.25) is 5.78 Å². The fourth-order valence-electron chi connectivity index (χ4n) is 3.63. The summed E-state index contributed by atoms with van der Waals surface area (Å²) in [5.74, 6) is 1.13. The molecule has 1 N–H and O–H groups in total. The number of aryl methyl sites for hydroxylation is 1. The van der Waals surface area contributed by atoms with Gasteiger partial charge in [0, 0.05) is 18.4 Å². The maximum atomic E-state index is 12.8. The van der Waals surface area contributed by atoms with E-state index in [1.54, 1.807) is 29.2 Å². The second kappa shape index (κ2) is 6.27. The van der Waals surface area contributed by atoms with Crippen molar-refractivity contribution in [1.82, 2.24) is 34.4 Å². The Morgan fingerprint density at radius 2 is 2.16 bits per heavy atom. The Bertz CT molecular complexity index is 907. The molecule has 130 valence electrons. The lowest BCUT2D eigenvalue weighted by Crippen LogP contribution is -2.30. The van der Waals surface area contributed by atoms with Crippen LogP contribution >= 0.6 is 0 Å². The molecule has 1 aliphatic carbocycles. The highest BCUT2D eigenvalue weighted by Gasteiger charge is 2.25. The van der Waals surface area contributed by atoms with Gasteiger partial charge in [0.15, 0.2) is 5.82 Å². The third kappa shape index (κ3) is 2.77. The Hall–Kier alpha value is -2.77. The highest BCUT2D eigenvalue weighted by molar-refractivity contribution is 5.94. The fourth-order valence-corrected chi connectivity index (χ4v) is 3.63. The number of imidazole rings is 1. The molecule has 25 heavy (non-hydrogen) atoms. The van der Waals surface area contributed by atoms with Crippen LogP contribution in [0.1, 0.15) is 66.7 Å². The normalized spacial score (nSPS) is 16.4. The summed E-state index contributed by atoms with van der Waals surface area (Å²) in [5.41, 5.74) is 1.16. The van der Waals surface area contributed by atoms with Crippen molar-refractivity contribution in [3.05, 3.63) is 42.0 Å². The van der Waals surface area contributed by atoms with Crippen LogP contribution in [0.25, 0.3) is 5.78 Å². The van der Waals surface area contributed by atoms with E-state index in [1.165, 1.54) is 12.8 Å². The summed E-state index contributed by atoms with van der Waals surface area (Å²) >= 11 is 0. The zero-order chi connectivity index (χ0) is 17.4. The Morgan fingerprint density at radius 3 is 2.96 bits per heavy atom. The number of hydrogen-bond acceptors (Lipinski definition) is 5. The maximum Gasteiger partial charge on any atom is 0.270 e. The zero-order valence-corrected chi connectivity index (χ0v) is 14.4. The molecule has 1 saturated carbocycles. The predicted molar refractivity (Wildman–Crippen MR) is 91.1 cm³/mol. The minimum absolute atomic E-state index is 0.188. The van der Waals surface area contributed by atoms with Crippen molar-refractivity contribution in [2.75, 3.05) is 0 Å². The number of nitrogens with zero attached hydrogens (tertiary/aromatic N) is 6. The Balaban J connectivity index is 1.58. The van der Waals surface area contributed by atoms with Crippen LogP contribution in [0.4, 0.5) is 0 Å². The van der Waals surface area contributed by atoms with Gasteiger partial charge in [-0.3, -0.25) is 9.20 Å². The summed E-state index contributed by atoms with van der Waals surface area (Å²) < 4.78 is 3.82. The second-order valence-electron chi connectivity index (χ2n) is 6.57. The van der Waals surface area contributed by atoms with Gasteiger partial charge in [0.05, 0.1) is 11.7 Å². The van der Waals surface area contributed by atoms with Gasteiger partial charge in [-0.05, 0) is 32.8 Å². The van der Waals surface area contributed by atoms with Crippen molar-refractivity contribution in [1.29, 1.82) is 0 Å². The van der Waals surface area contributed by atoms with Crippen molar-refractivity contribution in [2.24, 2.45) is 0 Å². The smallest absolute Gasteiger partial charge is 0.270 e. The van der Waals surface area contributed by atoms with Gasteiger partial charge >= 0.3 is 0 Å². The molecule has 3 heterocycles. The molecule has 0 unspecified atom stereocenters. The molecule has 4 rings (SSSR count). The Kier molecular flexibility index (Phi) is 3.95. The lowest BCUT2D eigenvalue weighted by atomic mass is 10.2. The van der Waals surface area contributed by atoms with Crippen LogP contribution < -0.4 is 5.32 Å². The molecule has 0 saturated heterocycles. The van der Waals surface area contributed by atoms with Crippen molar-refractivity contribution in [3.8, 4) is 0 Å². The molecule has 0 bridgehead atoms. The maximum absolute atomic E-state index is 12.8. The quantitative estimate of drug-likeness (QED) is 0.787. The predicted octanol–water partition coefficient (Wildman–Crippen LogP) is 2.24. The first-order valence-electron chi connectivity index (χ1n) is 8.65. The molecule has 8 heteroatoms. The SMILES string of the molecule is Cc1nc2ncccn2c1C(=O)N[C@@H](C)c1nncn1C1CCCC1. The fraction of sp³-hybridized carbons (Fsp3) is 0.471. The molecule has 0 aliphatic heterocycles. The largest absolute Gasteiger partial charge is 0.341 e. The van der Waals surface area contributed by atoms with Crippen LogP contribution in [0.5, 0.6) is 0 Å². The topological polar surface area (TPSA) is 90.0 Å². The standard InChI is InChI=1S/C17H21N7O/c1-11-14(23-9-5-8-18-17(23)21-11)16(25)20-12(2)15-22-19-10-24(15)13-6-3-4-7-13/h5,8-10,12-13H,3-4,6-7H2,1-2H3,(H,20,25)/t12-/m0/s1. The zero-order valence-electron chi connectivity index (χ0n) is 14.4. The minimum Gasteiger partial charge on any atom is -0.341 e. The van der Waals surface area contributed by atoms with Gasteiger partial charge in [-0.25, -0.2) is 9.97 Å². The third-order valence-electron chi connectivity index (χ3n) is 4.85. The number of hydrogen-bond donors (Lipinski definition) is 1. The van der Waals surface area contributed by atoms with E-state index in [1.807, 2.05) is 13.8 Å². The van der Waals surface area contributed by atoms with Crippen molar-refractivity contribution >= 4 is 11.7 Å². The van der Waals surface area contributed by atoms with Crippen molar-refractivity contribution in [3.63, 3.8) is 0 Å². The van der Waals surface area contributed by atoms with Crippen LogP contribution in [0, 0.1) is 6.92 Å². The first-order chi connectivity index (χ1) is 12.1. The molecular weight excluding hydrogens is 318 g/mol. The summed E-state index contributed by atoms with van der Waals surface area (Å²) in [6, 6.07) is 1.98. The van der Waals surface area contributed by atoms with Crippen LogP contribution in [0.3, 0.4) is 0 Å². The number of fused-ring (bicyclic) bond motifs is 1. The van der Waals surface area contributed by atoms with E-state index >= 15 is 0 Å². The summed E-state index contributed by atoms with van der Waals surface area (Å²) in [6.45, 7) is 3.75. The molecule has 8 nitrogen and oxygen atoms in total. The first kappa shape index (κ1) is 15.7. The summed E-state index contributed by atoms with van der Waals surface area (Å²) in [5, 5.41) is 11.3. The lowest BCUT2D eigenvalue weighted by Gasteiger charge is -2.18. The second-order valence-corrected chi connectivity index (χ2v) is 6.57. The first-order valence-corrected chi connectivity index (χ1v) is 8.65. The Labute approximate surface area is 145 Å². The molecule has 0 spiro atoms. The highest BCUT2D eigenvalue weighted by Crippen LogP contribution is 2.31. The molecule has 1 aliphatic rings. The van der Waals surface area contributed by atoms with Gasteiger partial charge in [0.1, 0.15) is 12.0 Å². The summed E-state index contributed by atoms with van der Waals surface area (Å²) in [6.07, 6.45) is 9.98. The number of rotatable bonds is 4. The van der Waals surface area contributed by atoms with Crippen molar-refractivity contribution in [2.45, 2.75) is 51.6 Å². The van der Waals surface area contributed by atoms with E-state index < -0.39 is 0 Å². The summed E-state index contributed by atoms with van der Waals surface area (Å²) in [7, 11) is 0. The average Bonchev–Trinajstić information content (AvgIpc) is 3.32. The average molecular weight is 339 g/mol. The van der Waals surface area contributed by atoms with Gasteiger partial charge in [-0.1, -0.05) is 12.8 Å². The van der Waals surface area contributed by atoms with E-state index in [0.717, 1.165) is 18.7 Å². The number of carbonyl (C=O) groups excluding carboxylic acids is 1. The minimum atomic E-state index is -0.239. The molecule has 1 atom stereocenters. The summed E-state index contributed by atoms with van der Waals surface area (Å²) in [4.78, 5) is 21.4. The van der Waals surface area contributed by atoms with E-state index in [0.29, 0.717) is 23.2 Å².